The highest BCUT2D eigenvalue weighted by Gasteiger charge is 2.14. The maximum atomic E-state index is 12.3. The van der Waals surface area contributed by atoms with Crippen LogP contribution < -0.4 is 10.2 Å². The molecule has 1 aromatic carbocycles. The van der Waals surface area contributed by atoms with Gasteiger partial charge in [-0.05, 0) is 50.3 Å². The average Bonchev–Trinajstić information content (AvgIpc) is 2.59. The summed E-state index contributed by atoms with van der Waals surface area (Å²) in [5.74, 6) is 0.629. The van der Waals surface area contributed by atoms with Crippen molar-refractivity contribution in [1.82, 2.24) is 9.97 Å². The molecule has 0 atom stereocenters. The Labute approximate surface area is 136 Å². The van der Waals surface area contributed by atoms with Gasteiger partial charge in [0.1, 0.15) is 11.5 Å². The number of hydrogen-bond acceptors (Lipinski definition) is 4. The third-order valence-electron chi connectivity index (χ3n) is 4.19. The fourth-order valence-electron chi connectivity index (χ4n) is 2.78. The standard InChI is InChI=1S/C18H22N4O/c1-13-6-7-14(2)15(10-13)21-18(23)16-11-20-17(12-19-16)22-8-4-3-5-9-22/h6-7,10-12H,3-5,8-9H2,1-2H3,(H,21,23). The molecule has 3 rings (SSSR count). The lowest BCUT2D eigenvalue weighted by Crippen LogP contribution is -2.30. The van der Waals surface area contributed by atoms with Crippen molar-refractivity contribution in [3.8, 4) is 0 Å². The number of piperidine rings is 1. The van der Waals surface area contributed by atoms with Crippen LogP contribution in [0, 0.1) is 13.8 Å². The lowest BCUT2D eigenvalue weighted by molar-refractivity contribution is 0.102. The van der Waals surface area contributed by atoms with Crippen molar-refractivity contribution in [2.24, 2.45) is 0 Å². The molecular weight excluding hydrogens is 288 g/mol. The van der Waals surface area contributed by atoms with E-state index in [-0.39, 0.29) is 5.91 Å². The van der Waals surface area contributed by atoms with E-state index in [1.54, 1.807) is 12.4 Å². The highest BCUT2D eigenvalue weighted by Crippen LogP contribution is 2.18. The van der Waals surface area contributed by atoms with Crippen LogP contribution in [0.3, 0.4) is 0 Å². The van der Waals surface area contributed by atoms with Crippen LogP contribution in [-0.2, 0) is 0 Å². The maximum absolute atomic E-state index is 12.3. The monoisotopic (exact) mass is 310 g/mol. The molecule has 1 saturated heterocycles. The fourth-order valence-corrected chi connectivity index (χ4v) is 2.78. The van der Waals surface area contributed by atoms with Gasteiger partial charge in [0, 0.05) is 18.8 Å². The van der Waals surface area contributed by atoms with Crippen molar-refractivity contribution >= 4 is 17.4 Å². The Morgan fingerprint density at radius 2 is 1.87 bits per heavy atom. The summed E-state index contributed by atoms with van der Waals surface area (Å²) in [7, 11) is 0. The molecule has 0 bridgehead atoms. The van der Waals surface area contributed by atoms with Gasteiger partial charge in [0.05, 0.1) is 12.4 Å². The summed E-state index contributed by atoms with van der Waals surface area (Å²) in [5, 5.41) is 2.91. The highest BCUT2D eigenvalue weighted by atomic mass is 16.1. The third-order valence-corrected chi connectivity index (χ3v) is 4.19. The molecule has 2 aromatic rings. The number of aryl methyl sites for hydroxylation is 2. The van der Waals surface area contributed by atoms with Crippen molar-refractivity contribution in [3.63, 3.8) is 0 Å². The number of anilines is 2. The van der Waals surface area contributed by atoms with Crippen LogP contribution in [0.2, 0.25) is 0 Å². The van der Waals surface area contributed by atoms with E-state index in [0.29, 0.717) is 5.69 Å². The number of nitrogens with one attached hydrogen (secondary N) is 1. The summed E-state index contributed by atoms with van der Waals surface area (Å²) in [5.41, 5.74) is 3.29. The minimum Gasteiger partial charge on any atom is -0.355 e. The Morgan fingerprint density at radius 3 is 2.57 bits per heavy atom. The van der Waals surface area contributed by atoms with Crippen molar-refractivity contribution in [2.45, 2.75) is 33.1 Å². The van der Waals surface area contributed by atoms with Gasteiger partial charge in [-0.1, -0.05) is 12.1 Å². The van der Waals surface area contributed by atoms with Crippen LogP contribution >= 0.6 is 0 Å². The Morgan fingerprint density at radius 1 is 1.09 bits per heavy atom. The molecule has 0 aliphatic carbocycles. The second-order valence-corrected chi connectivity index (χ2v) is 6.08. The van der Waals surface area contributed by atoms with Crippen molar-refractivity contribution in [3.05, 3.63) is 47.4 Å². The number of hydrogen-bond donors (Lipinski definition) is 1. The van der Waals surface area contributed by atoms with E-state index < -0.39 is 0 Å². The molecule has 120 valence electrons. The van der Waals surface area contributed by atoms with Crippen molar-refractivity contribution in [1.29, 1.82) is 0 Å². The molecule has 1 N–H and O–H groups in total. The molecule has 0 spiro atoms. The first-order valence-corrected chi connectivity index (χ1v) is 8.09. The topological polar surface area (TPSA) is 58.1 Å². The van der Waals surface area contributed by atoms with Crippen LogP contribution in [0.4, 0.5) is 11.5 Å². The number of rotatable bonds is 3. The van der Waals surface area contributed by atoms with E-state index in [1.165, 1.54) is 19.3 Å². The fraction of sp³-hybridized carbons (Fsp3) is 0.389. The van der Waals surface area contributed by atoms with Crippen LogP contribution in [-0.4, -0.2) is 29.0 Å². The highest BCUT2D eigenvalue weighted by molar-refractivity contribution is 6.03. The van der Waals surface area contributed by atoms with Gasteiger partial charge in [-0.3, -0.25) is 4.79 Å². The number of benzene rings is 1. The first-order valence-electron chi connectivity index (χ1n) is 8.09. The first-order chi connectivity index (χ1) is 11.1. The number of aromatic nitrogens is 2. The predicted molar refractivity (Wildman–Crippen MR) is 92.0 cm³/mol. The third kappa shape index (κ3) is 3.67. The summed E-state index contributed by atoms with van der Waals surface area (Å²) in [6.07, 6.45) is 6.92. The van der Waals surface area contributed by atoms with Gasteiger partial charge in [-0.2, -0.15) is 0 Å². The van der Waals surface area contributed by atoms with E-state index in [0.717, 1.165) is 35.7 Å². The number of amides is 1. The van der Waals surface area contributed by atoms with E-state index in [9.17, 15) is 4.79 Å². The molecule has 1 fully saturated rings. The molecule has 5 heteroatoms. The lowest BCUT2D eigenvalue weighted by Gasteiger charge is -2.27. The number of carbonyl (C=O) groups excluding carboxylic acids is 1. The zero-order valence-corrected chi connectivity index (χ0v) is 13.7. The lowest BCUT2D eigenvalue weighted by atomic mass is 10.1. The summed E-state index contributed by atoms with van der Waals surface area (Å²) in [4.78, 5) is 23.3. The summed E-state index contributed by atoms with van der Waals surface area (Å²) < 4.78 is 0. The van der Waals surface area contributed by atoms with Gasteiger partial charge in [0.2, 0.25) is 0 Å². The normalized spacial score (nSPS) is 14.6. The zero-order chi connectivity index (χ0) is 16.2. The zero-order valence-electron chi connectivity index (χ0n) is 13.7. The second kappa shape index (κ2) is 6.77. The molecule has 0 unspecified atom stereocenters. The van der Waals surface area contributed by atoms with Gasteiger partial charge in [0.15, 0.2) is 0 Å². The average molecular weight is 310 g/mol. The minimum atomic E-state index is -0.226. The van der Waals surface area contributed by atoms with Crippen LogP contribution in [0.15, 0.2) is 30.6 Å². The second-order valence-electron chi connectivity index (χ2n) is 6.08. The Kier molecular flexibility index (Phi) is 4.55. The molecule has 5 nitrogen and oxygen atoms in total. The predicted octanol–water partition coefficient (Wildman–Crippen LogP) is 3.34. The van der Waals surface area contributed by atoms with E-state index in [4.69, 9.17) is 0 Å². The van der Waals surface area contributed by atoms with E-state index in [2.05, 4.69) is 20.2 Å². The molecule has 23 heavy (non-hydrogen) atoms. The molecule has 1 aromatic heterocycles. The molecule has 0 saturated carbocycles. The quantitative estimate of drug-likeness (QED) is 0.944. The summed E-state index contributed by atoms with van der Waals surface area (Å²) in [6.45, 7) is 6.01. The number of carbonyl (C=O) groups is 1. The van der Waals surface area contributed by atoms with Crippen LogP contribution in [0.1, 0.15) is 40.9 Å². The van der Waals surface area contributed by atoms with Gasteiger partial charge in [-0.25, -0.2) is 9.97 Å². The van der Waals surface area contributed by atoms with Crippen LogP contribution in [0.25, 0.3) is 0 Å². The Hall–Kier alpha value is -2.43. The molecule has 0 radical (unpaired) electrons. The van der Waals surface area contributed by atoms with E-state index >= 15 is 0 Å². The summed E-state index contributed by atoms with van der Waals surface area (Å²) >= 11 is 0. The molecule has 2 heterocycles. The molecule has 1 aliphatic heterocycles. The Bertz CT molecular complexity index is 691. The molecule has 1 aliphatic rings. The first kappa shape index (κ1) is 15.5. The largest absolute Gasteiger partial charge is 0.355 e. The smallest absolute Gasteiger partial charge is 0.275 e. The van der Waals surface area contributed by atoms with Crippen molar-refractivity contribution in [2.75, 3.05) is 23.3 Å². The SMILES string of the molecule is Cc1ccc(C)c(NC(=O)c2cnc(N3CCCCC3)cn2)c1. The van der Waals surface area contributed by atoms with Gasteiger partial charge >= 0.3 is 0 Å². The Balaban J connectivity index is 1.71. The van der Waals surface area contributed by atoms with Crippen LogP contribution in [0.5, 0.6) is 0 Å². The molecular formula is C18H22N4O. The number of nitrogens with zero attached hydrogens (tertiary/aromatic N) is 3. The maximum Gasteiger partial charge on any atom is 0.275 e. The van der Waals surface area contributed by atoms with Gasteiger partial charge < -0.3 is 10.2 Å². The minimum absolute atomic E-state index is 0.226. The van der Waals surface area contributed by atoms with E-state index in [1.807, 2.05) is 32.0 Å². The van der Waals surface area contributed by atoms with Gasteiger partial charge in [0.25, 0.3) is 5.91 Å². The van der Waals surface area contributed by atoms with Crippen molar-refractivity contribution < 1.29 is 4.79 Å². The van der Waals surface area contributed by atoms with Gasteiger partial charge in [-0.15, -0.1) is 0 Å². The molecule has 1 amide bonds. The summed E-state index contributed by atoms with van der Waals surface area (Å²) in [6, 6.07) is 5.98.